The Kier molecular flexibility index (Phi) is 4.73. The third kappa shape index (κ3) is 4.59. The number of hydrogen-bond acceptors (Lipinski definition) is 3. The lowest BCUT2D eigenvalue weighted by Gasteiger charge is -2.05. The lowest BCUT2D eigenvalue weighted by molar-refractivity contribution is 0.582. The number of guanidine groups is 1. The van der Waals surface area contributed by atoms with Crippen molar-refractivity contribution in [3.05, 3.63) is 29.3 Å². The minimum atomic E-state index is -3.57. The fourth-order valence-electron chi connectivity index (χ4n) is 1.08. The molecule has 0 radical (unpaired) electrons. The zero-order valence-corrected chi connectivity index (χ0v) is 10.5. The number of rotatable bonds is 5. The van der Waals surface area contributed by atoms with Crippen molar-refractivity contribution in [3.63, 3.8) is 0 Å². The Morgan fingerprint density at radius 1 is 1.41 bits per heavy atom. The monoisotopic (exact) mass is 276 g/mol. The number of hydrogen-bond donors (Lipinski definition) is 3. The molecule has 1 aromatic carbocycles. The van der Waals surface area contributed by atoms with Gasteiger partial charge in [0.05, 0.1) is 11.4 Å². The van der Waals surface area contributed by atoms with E-state index in [0.717, 1.165) is 0 Å². The summed E-state index contributed by atoms with van der Waals surface area (Å²) in [5, 5.41) is 0.358. The molecule has 0 heterocycles. The van der Waals surface area contributed by atoms with Crippen LogP contribution in [0.4, 0.5) is 0 Å². The van der Waals surface area contributed by atoms with Crippen molar-refractivity contribution in [2.24, 2.45) is 16.5 Å². The van der Waals surface area contributed by atoms with E-state index >= 15 is 0 Å². The van der Waals surface area contributed by atoms with Gasteiger partial charge in [0.15, 0.2) is 5.96 Å². The van der Waals surface area contributed by atoms with E-state index in [1.807, 2.05) is 0 Å². The summed E-state index contributed by atoms with van der Waals surface area (Å²) in [6, 6.07) is 5.98. The van der Waals surface area contributed by atoms with E-state index in [1.54, 1.807) is 12.1 Å². The molecule has 0 amide bonds. The van der Waals surface area contributed by atoms with Crippen molar-refractivity contribution >= 4 is 27.6 Å². The third-order valence-corrected chi connectivity index (χ3v) is 3.50. The summed E-state index contributed by atoms with van der Waals surface area (Å²) in [5.41, 5.74) is 10.2. The van der Waals surface area contributed by atoms with E-state index in [1.165, 1.54) is 12.1 Å². The molecule has 0 unspecified atom stereocenters. The van der Waals surface area contributed by atoms with Gasteiger partial charge in [-0.15, -0.1) is 0 Å². The molecule has 0 fully saturated rings. The smallest absolute Gasteiger partial charge is 0.240 e. The molecule has 17 heavy (non-hydrogen) atoms. The number of halogens is 1. The summed E-state index contributed by atoms with van der Waals surface area (Å²) in [7, 11) is -3.57. The number of nitrogens with one attached hydrogen (secondary N) is 1. The molecule has 0 aliphatic rings. The molecule has 5 N–H and O–H groups in total. The first kappa shape index (κ1) is 13.8. The van der Waals surface area contributed by atoms with Gasteiger partial charge in [0.2, 0.25) is 10.0 Å². The Balaban J connectivity index is 2.67. The van der Waals surface area contributed by atoms with Crippen LogP contribution in [-0.2, 0) is 10.0 Å². The molecule has 1 aromatic rings. The highest BCUT2D eigenvalue weighted by molar-refractivity contribution is 7.89. The van der Waals surface area contributed by atoms with Crippen LogP contribution in [0.15, 0.2) is 34.2 Å². The van der Waals surface area contributed by atoms with E-state index < -0.39 is 10.0 Å². The van der Waals surface area contributed by atoms with E-state index in [4.69, 9.17) is 23.1 Å². The number of nitrogens with two attached hydrogens (primary N) is 2. The van der Waals surface area contributed by atoms with Gasteiger partial charge in [-0.05, 0) is 18.2 Å². The summed E-state index contributed by atoms with van der Waals surface area (Å²) in [5.74, 6) is -0.0769. The minimum Gasteiger partial charge on any atom is -0.370 e. The first-order valence-electron chi connectivity index (χ1n) is 4.72. The lowest BCUT2D eigenvalue weighted by Crippen LogP contribution is -2.28. The molecule has 1 rings (SSSR count). The van der Waals surface area contributed by atoms with Crippen molar-refractivity contribution < 1.29 is 8.42 Å². The highest BCUT2D eigenvalue weighted by Gasteiger charge is 2.12. The average Bonchev–Trinajstić information content (AvgIpc) is 2.24. The molecule has 0 aromatic heterocycles. The Morgan fingerprint density at radius 2 is 2.12 bits per heavy atom. The summed E-state index contributed by atoms with van der Waals surface area (Å²) in [6.07, 6.45) is 0. The SMILES string of the molecule is NC(N)=NCCNS(=O)(=O)c1cccc(Cl)c1. The van der Waals surface area contributed by atoms with Gasteiger partial charge in [0.25, 0.3) is 0 Å². The summed E-state index contributed by atoms with van der Waals surface area (Å²) < 4.78 is 25.8. The molecule has 0 bridgehead atoms. The van der Waals surface area contributed by atoms with Gasteiger partial charge in [-0.25, -0.2) is 13.1 Å². The number of aliphatic imine (C=N–C) groups is 1. The predicted octanol–water partition coefficient (Wildman–Crippen LogP) is -0.108. The lowest BCUT2D eigenvalue weighted by atomic mass is 10.4. The van der Waals surface area contributed by atoms with E-state index in [2.05, 4.69) is 9.71 Å². The normalized spacial score (nSPS) is 11.1. The van der Waals surface area contributed by atoms with E-state index in [-0.39, 0.29) is 23.9 Å². The topological polar surface area (TPSA) is 111 Å². The van der Waals surface area contributed by atoms with Crippen LogP contribution >= 0.6 is 11.6 Å². The van der Waals surface area contributed by atoms with Crippen LogP contribution in [0.2, 0.25) is 5.02 Å². The van der Waals surface area contributed by atoms with Crippen LogP contribution in [0.25, 0.3) is 0 Å². The van der Waals surface area contributed by atoms with Crippen LogP contribution in [0.1, 0.15) is 0 Å². The molecule has 8 heteroatoms. The molecular weight excluding hydrogens is 264 g/mol. The highest BCUT2D eigenvalue weighted by Crippen LogP contribution is 2.14. The van der Waals surface area contributed by atoms with Crippen LogP contribution < -0.4 is 16.2 Å². The van der Waals surface area contributed by atoms with Gasteiger partial charge in [-0.3, -0.25) is 4.99 Å². The van der Waals surface area contributed by atoms with Crippen LogP contribution in [0.5, 0.6) is 0 Å². The molecule has 94 valence electrons. The molecule has 6 nitrogen and oxygen atoms in total. The predicted molar refractivity (Wildman–Crippen MR) is 67.3 cm³/mol. The number of benzene rings is 1. The number of sulfonamides is 1. The zero-order valence-electron chi connectivity index (χ0n) is 8.93. The highest BCUT2D eigenvalue weighted by atomic mass is 35.5. The molecule has 0 saturated carbocycles. The first-order chi connectivity index (χ1) is 7.92. The third-order valence-electron chi connectivity index (χ3n) is 1.80. The van der Waals surface area contributed by atoms with Gasteiger partial charge in [-0.2, -0.15) is 0 Å². The van der Waals surface area contributed by atoms with Crippen molar-refractivity contribution in [1.82, 2.24) is 4.72 Å². The zero-order chi connectivity index (χ0) is 12.9. The fraction of sp³-hybridized carbons (Fsp3) is 0.222. The molecular formula is C9H13ClN4O2S. The van der Waals surface area contributed by atoms with Crippen LogP contribution in [0, 0.1) is 0 Å². The van der Waals surface area contributed by atoms with Gasteiger partial charge >= 0.3 is 0 Å². The van der Waals surface area contributed by atoms with Crippen LogP contribution in [0.3, 0.4) is 0 Å². The fourth-order valence-corrected chi connectivity index (χ4v) is 2.40. The first-order valence-corrected chi connectivity index (χ1v) is 6.58. The van der Waals surface area contributed by atoms with Crippen molar-refractivity contribution in [2.45, 2.75) is 4.90 Å². The molecule has 0 aliphatic carbocycles. The van der Waals surface area contributed by atoms with E-state index in [0.29, 0.717) is 5.02 Å². The Morgan fingerprint density at radius 3 is 2.71 bits per heavy atom. The van der Waals surface area contributed by atoms with Crippen molar-refractivity contribution in [2.75, 3.05) is 13.1 Å². The molecule has 0 saturated heterocycles. The Hall–Kier alpha value is -1.31. The Bertz CT molecular complexity index is 511. The quantitative estimate of drug-likeness (QED) is 0.396. The van der Waals surface area contributed by atoms with Gasteiger partial charge in [-0.1, -0.05) is 17.7 Å². The summed E-state index contributed by atoms with van der Waals surface area (Å²) in [4.78, 5) is 3.76. The van der Waals surface area contributed by atoms with Gasteiger partial charge < -0.3 is 11.5 Å². The molecule has 0 aliphatic heterocycles. The molecule has 0 spiro atoms. The maximum atomic E-state index is 11.7. The standard InChI is InChI=1S/C9H13ClN4O2S/c10-7-2-1-3-8(6-7)17(15,16)14-5-4-13-9(11)12/h1-3,6,14H,4-5H2,(H4,11,12,13). The maximum absolute atomic E-state index is 11.7. The minimum absolute atomic E-state index is 0.0769. The molecule has 0 atom stereocenters. The summed E-state index contributed by atoms with van der Waals surface area (Å²) in [6.45, 7) is 0.300. The number of nitrogens with zero attached hydrogens (tertiary/aromatic N) is 1. The largest absolute Gasteiger partial charge is 0.370 e. The van der Waals surface area contributed by atoms with Crippen molar-refractivity contribution in [1.29, 1.82) is 0 Å². The Labute approximate surface area is 105 Å². The maximum Gasteiger partial charge on any atom is 0.240 e. The second kappa shape index (κ2) is 5.85. The average molecular weight is 277 g/mol. The van der Waals surface area contributed by atoms with Crippen molar-refractivity contribution in [3.8, 4) is 0 Å². The van der Waals surface area contributed by atoms with Crippen LogP contribution in [-0.4, -0.2) is 27.5 Å². The van der Waals surface area contributed by atoms with Gasteiger partial charge in [0.1, 0.15) is 0 Å². The second-order valence-electron chi connectivity index (χ2n) is 3.16. The van der Waals surface area contributed by atoms with E-state index in [9.17, 15) is 8.42 Å². The van der Waals surface area contributed by atoms with Gasteiger partial charge in [0, 0.05) is 11.6 Å². The second-order valence-corrected chi connectivity index (χ2v) is 5.37. The summed E-state index contributed by atoms with van der Waals surface area (Å²) >= 11 is 5.71.